The minimum atomic E-state index is -1.14. The van der Waals surface area contributed by atoms with E-state index in [9.17, 15) is 9.90 Å². The van der Waals surface area contributed by atoms with Crippen LogP contribution in [-0.4, -0.2) is 52.3 Å². The van der Waals surface area contributed by atoms with Gasteiger partial charge in [-0.3, -0.25) is 4.79 Å². The first-order chi connectivity index (χ1) is 15.3. The largest absolute Gasteiger partial charge is 0.368 e. The number of pyridine rings is 1. The van der Waals surface area contributed by atoms with Crippen LogP contribution in [0.2, 0.25) is 25.7 Å². The van der Waals surface area contributed by atoms with Crippen LogP contribution in [-0.2, 0) is 16.2 Å². The third-order valence-corrected chi connectivity index (χ3v) is 8.26. The number of aliphatic hydroxyl groups is 1. The number of rotatable bonds is 8. The smallest absolute Gasteiger partial charge is 0.282 e. The Bertz CT molecular complexity index is 1130. The van der Waals surface area contributed by atoms with Crippen LogP contribution in [0.4, 0.5) is 0 Å². The molecular formula is C23H34N4O4Si. The van der Waals surface area contributed by atoms with Gasteiger partial charge in [-0.25, -0.2) is 4.98 Å². The first-order valence-electron chi connectivity index (χ1n) is 11.4. The van der Waals surface area contributed by atoms with E-state index in [1.807, 2.05) is 16.8 Å². The van der Waals surface area contributed by atoms with Crippen molar-refractivity contribution in [3.8, 4) is 0 Å². The first kappa shape index (κ1) is 23.1. The van der Waals surface area contributed by atoms with E-state index in [2.05, 4.69) is 34.2 Å². The molecule has 0 aromatic carbocycles. The maximum Gasteiger partial charge on any atom is 0.282 e. The summed E-state index contributed by atoms with van der Waals surface area (Å²) in [6.07, 6.45) is 8.11. The number of methoxy groups -OCH3 is 1. The fourth-order valence-corrected chi connectivity index (χ4v) is 5.34. The molecule has 0 spiro atoms. The summed E-state index contributed by atoms with van der Waals surface area (Å²) < 4.78 is 15.2. The molecule has 1 saturated carbocycles. The fraction of sp³-hybridized carbons (Fsp3) is 0.609. The van der Waals surface area contributed by atoms with Gasteiger partial charge in [-0.15, -0.1) is 0 Å². The average Bonchev–Trinajstić information content (AvgIpc) is 3.19. The molecule has 0 bridgehead atoms. The number of hydrogen-bond acceptors (Lipinski definition) is 6. The molecule has 1 N–H and O–H groups in total. The van der Waals surface area contributed by atoms with Gasteiger partial charge in [0.15, 0.2) is 6.29 Å². The summed E-state index contributed by atoms with van der Waals surface area (Å²) in [5, 5.41) is 11.5. The van der Waals surface area contributed by atoms with Crippen molar-refractivity contribution in [3.63, 3.8) is 0 Å². The lowest BCUT2D eigenvalue weighted by atomic mass is 9.85. The molecule has 1 unspecified atom stereocenters. The molecular weight excluding hydrogens is 424 g/mol. The topological polar surface area (TPSA) is 91.4 Å². The zero-order chi connectivity index (χ0) is 22.9. The highest BCUT2D eigenvalue weighted by Crippen LogP contribution is 2.36. The van der Waals surface area contributed by atoms with Crippen molar-refractivity contribution in [1.29, 1.82) is 0 Å². The Morgan fingerprint density at radius 3 is 2.62 bits per heavy atom. The highest BCUT2D eigenvalue weighted by atomic mass is 28.3. The Hall–Kier alpha value is -2.07. The van der Waals surface area contributed by atoms with Crippen LogP contribution < -0.4 is 5.56 Å². The molecule has 4 rings (SSSR count). The normalized spacial score (nSPS) is 20.8. The van der Waals surface area contributed by atoms with Crippen LogP contribution in [0.1, 0.15) is 31.7 Å². The molecule has 3 aromatic heterocycles. The van der Waals surface area contributed by atoms with Crippen LogP contribution in [0.15, 0.2) is 29.6 Å². The molecule has 3 heterocycles. The lowest BCUT2D eigenvalue weighted by Crippen LogP contribution is -2.28. The Morgan fingerprint density at radius 2 is 1.94 bits per heavy atom. The second kappa shape index (κ2) is 9.42. The van der Waals surface area contributed by atoms with Crippen molar-refractivity contribution in [3.05, 3.63) is 35.1 Å². The van der Waals surface area contributed by atoms with Crippen LogP contribution in [0.25, 0.3) is 21.9 Å². The second-order valence-electron chi connectivity index (χ2n) is 10.0. The maximum atomic E-state index is 12.5. The lowest BCUT2D eigenvalue weighted by molar-refractivity contribution is -0.122. The molecule has 3 aromatic rings. The Labute approximate surface area is 189 Å². The van der Waals surface area contributed by atoms with Gasteiger partial charge in [-0.2, -0.15) is 4.98 Å². The van der Waals surface area contributed by atoms with Crippen molar-refractivity contribution < 1.29 is 14.6 Å². The Balaban J connectivity index is 1.63. The zero-order valence-corrected chi connectivity index (χ0v) is 20.5. The van der Waals surface area contributed by atoms with Crippen LogP contribution >= 0.6 is 0 Å². The van der Waals surface area contributed by atoms with Gasteiger partial charge in [0, 0.05) is 51.5 Å². The number of ether oxygens (including phenoxy) is 2. The summed E-state index contributed by atoms with van der Waals surface area (Å²) in [4.78, 5) is 21.2. The molecule has 0 aliphatic heterocycles. The van der Waals surface area contributed by atoms with E-state index in [1.54, 1.807) is 19.6 Å². The second-order valence-corrected chi connectivity index (χ2v) is 15.7. The quantitative estimate of drug-likeness (QED) is 0.314. The molecule has 32 heavy (non-hydrogen) atoms. The SMILES string of the molecule is COC(O)C1CCC(n2cnc(=O)c3cnc4c(ccn4COCC[Si](C)(C)C)c32)CC1. The predicted octanol–water partition coefficient (Wildman–Crippen LogP) is 3.75. The van der Waals surface area contributed by atoms with Gasteiger partial charge in [0.05, 0.1) is 17.2 Å². The van der Waals surface area contributed by atoms with E-state index in [0.29, 0.717) is 12.1 Å². The van der Waals surface area contributed by atoms with E-state index in [1.165, 1.54) is 0 Å². The fourth-order valence-electron chi connectivity index (χ4n) is 4.58. The maximum absolute atomic E-state index is 12.5. The third kappa shape index (κ3) is 4.80. The summed E-state index contributed by atoms with van der Waals surface area (Å²) in [6, 6.07) is 3.35. The monoisotopic (exact) mass is 458 g/mol. The molecule has 0 saturated heterocycles. The molecule has 9 heteroatoms. The average molecular weight is 459 g/mol. The first-order valence-corrected chi connectivity index (χ1v) is 15.1. The Morgan fingerprint density at radius 1 is 1.19 bits per heavy atom. The van der Waals surface area contributed by atoms with Crippen molar-refractivity contribution in [2.24, 2.45) is 5.92 Å². The van der Waals surface area contributed by atoms with Gasteiger partial charge >= 0.3 is 0 Å². The van der Waals surface area contributed by atoms with E-state index in [0.717, 1.165) is 54.9 Å². The van der Waals surface area contributed by atoms with Crippen molar-refractivity contribution in [2.45, 2.75) is 70.4 Å². The molecule has 1 aliphatic carbocycles. The third-order valence-electron chi connectivity index (χ3n) is 6.55. The summed E-state index contributed by atoms with van der Waals surface area (Å²) in [5.41, 5.74) is 1.44. The van der Waals surface area contributed by atoms with E-state index >= 15 is 0 Å². The minimum Gasteiger partial charge on any atom is -0.368 e. The Kier molecular flexibility index (Phi) is 6.80. The standard InChI is InChI=1S/C23H34N4O4Si/c1-30-23(29)16-5-7-17(8-6-16)27-14-25-22(28)19-13-24-21-18(20(19)27)9-10-26(21)15-31-11-12-32(2,3)4/h9-10,13-14,16-17,23,29H,5-8,11-12,15H2,1-4H3. The number of nitrogens with zero attached hydrogens (tertiary/aromatic N) is 4. The van der Waals surface area contributed by atoms with Crippen molar-refractivity contribution >= 4 is 30.0 Å². The van der Waals surface area contributed by atoms with Gasteiger partial charge < -0.3 is 23.7 Å². The molecule has 1 atom stereocenters. The van der Waals surface area contributed by atoms with Gasteiger partial charge in [0.1, 0.15) is 12.4 Å². The van der Waals surface area contributed by atoms with Gasteiger partial charge in [-0.1, -0.05) is 19.6 Å². The summed E-state index contributed by atoms with van der Waals surface area (Å²) in [7, 11) is 0.405. The predicted molar refractivity (Wildman–Crippen MR) is 127 cm³/mol. The number of hydrogen-bond donors (Lipinski definition) is 1. The van der Waals surface area contributed by atoms with E-state index < -0.39 is 14.4 Å². The number of aromatic nitrogens is 4. The summed E-state index contributed by atoms with van der Waals surface area (Å²) >= 11 is 0. The molecule has 8 nitrogen and oxygen atoms in total. The summed E-state index contributed by atoms with van der Waals surface area (Å²) in [6.45, 7) is 8.21. The van der Waals surface area contributed by atoms with Crippen molar-refractivity contribution in [1.82, 2.24) is 19.1 Å². The minimum absolute atomic E-state index is 0.144. The van der Waals surface area contributed by atoms with Crippen LogP contribution in [0.3, 0.4) is 0 Å². The molecule has 0 amide bonds. The highest BCUT2D eigenvalue weighted by molar-refractivity contribution is 6.76. The molecule has 1 aliphatic rings. The number of fused-ring (bicyclic) bond motifs is 3. The molecule has 174 valence electrons. The van der Waals surface area contributed by atoms with Gasteiger partial charge in [-0.05, 0) is 37.8 Å². The molecule has 0 radical (unpaired) electrons. The highest BCUT2D eigenvalue weighted by Gasteiger charge is 2.28. The molecule has 1 fully saturated rings. The summed E-state index contributed by atoms with van der Waals surface area (Å²) in [5.74, 6) is 0.144. The lowest BCUT2D eigenvalue weighted by Gasteiger charge is -2.32. The van der Waals surface area contributed by atoms with Crippen LogP contribution in [0, 0.1) is 5.92 Å². The van der Waals surface area contributed by atoms with Crippen molar-refractivity contribution in [2.75, 3.05) is 13.7 Å². The van der Waals surface area contributed by atoms with Crippen LogP contribution in [0.5, 0.6) is 0 Å². The van der Waals surface area contributed by atoms with E-state index in [-0.39, 0.29) is 17.5 Å². The number of aliphatic hydroxyl groups excluding tert-OH is 1. The van der Waals surface area contributed by atoms with E-state index in [4.69, 9.17) is 9.47 Å². The van der Waals surface area contributed by atoms with Gasteiger partial charge in [0.2, 0.25) is 0 Å². The van der Waals surface area contributed by atoms with Gasteiger partial charge in [0.25, 0.3) is 5.56 Å². The zero-order valence-electron chi connectivity index (χ0n) is 19.5.